The van der Waals surface area contributed by atoms with E-state index in [0.717, 1.165) is 57.9 Å². The number of carbonyl (C=O) groups excluding carboxylic acids is 1. The smallest absolute Gasteiger partial charge is 0.325 e. The molecule has 1 aliphatic rings. The Bertz CT molecular complexity index is 327. The summed E-state index contributed by atoms with van der Waals surface area (Å²) in [6.07, 6.45) is 15.9. The number of hydroxylamine groups is 2. The maximum absolute atomic E-state index is 12.1. The predicted molar refractivity (Wildman–Crippen MR) is 103 cm³/mol. The standard InChI is InChI=1S/C21H41NO3/c1-3-5-7-8-9-10-12-18-22(19-14-16-20(23)17-15-19)25-21(24)13-11-6-4-2/h19-20,23H,3-18H2,1-2H3. The van der Waals surface area contributed by atoms with Crippen LogP contribution in [-0.4, -0.2) is 34.8 Å². The third kappa shape index (κ3) is 10.9. The molecule has 4 heteroatoms. The van der Waals surface area contributed by atoms with Crippen LogP contribution in [0.5, 0.6) is 0 Å². The van der Waals surface area contributed by atoms with Crippen molar-refractivity contribution in [3.63, 3.8) is 0 Å². The average molecular weight is 356 g/mol. The highest BCUT2D eigenvalue weighted by atomic mass is 16.7. The molecule has 1 aliphatic carbocycles. The number of aliphatic hydroxyl groups is 1. The van der Waals surface area contributed by atoms with Crippen molar-refractivity contribution in [2.24, 2.45) is 0 Å². The number of nitrogens with zero attached hydrogens (tertiary/aromatic N) is 1. The fourth-order valence-corrected chi connectivity index (χ4v) is 3.57. The Balaban J connectivity index is 2.33. The summed E-state index contributed by atoms with van der Waals surface area (Å²) in [6, 6.07) is 0.290. The van der Waals surface area contributed by atoms with Gasteiger partial charge in [0, 0.05) is 19.0 Å². The Morgan fingerprint density at radius 1 is 0.880 bits per heavy atom. The lowest BCUT2D eigenvalue weighted by Crippen LogP contribution is -2.41. The minimum Gasteiger partial charge on any atom is -0.393 e. The van der Waals surface area contributed by atoms with Crippen LogP contribution in [-0.2, 0) is 9.63 Å². The van der Waals surface area contributed by atoms with E-state index in [2.05, 4.69) is 13.8 Å². The molecule has 1 saturated carbocycles. The maximum Gasteiger partial charge on any atom is 0.325 e. The minimum atomic E-state index is -0.170. The first kappa shape index (κ1) is 22.4. The van der Waals surface area contributed by atoms with E-state index < -0.39 is 0 Å². The molecule has 0 aliphatic heterocycles. The van der Waals surface area contributed by atoms with Crippen LogP contribution < -0.4 is 0 Å². The van der Waals surface area contributed by atoms with E-state index in [0.29, 0.717) is 12.5 Å². The molecule has 148 valence electrons. The van der Waals surface area contributed by atoms with Gasteiger partial charge in [-0.15, -0.1) is 5.06 Å². The Labute approximate surface area is 155 Å². The largest absolute Gasteiger partial charge is 0.393 e. The van der Waals surface area contributed by atoms with E-state index in [9.17, 15) is 9.90 Å². The summed E-state index contributed by atoms with van der Waals surface area (Å²) in [7, 11) is 0. The quantitative estimate of drug-likeness (QED) is 0.336. The Morgan fingerprint density at radius 3 is 2.08 bits per heavy atom. The molecule has 0 aromatic carbocycles. The van der Waals surface area contributed by atoms with Crippen molar-refractivity contribution in [3.8, 4) is 0 Å². The van der Waals surface area contributed by atoms with Crippen LogP contribution in [0.3, 0.4) is 0 Å². The van der Waals surface area contributed by atoms with Crippen molar-refractivity contribution in [2.75, 3.05) is 6.54 Å². The first-order valence-electron chi connectivity index (χ1n) is 10.8. The number of unbranched alkanes of at least 4 members (excludes halogenated alkanes) is 8. The molecule has 0 aromatic rings. The van der Waals surface area contributed by atoms with Crippen molar-refractivity contribution in [1.29, 1.82) is 0 Å². The van der Waals surface area contributed by atoms with Gasteiger partial charge in [-0.05, 0) is 38.5 Å². The van der Waals surface area contributed by atoms with Crippen molar-refractivity contribution in [3.05, 3.63) is 0 Å². The second kappa shape index (κ2) is 14.5. The molecule has 0 radical (unpaired) electrons. The third-order valence-corrected chi connectivity index (χ3v) is 5.26. The van der Waals surface area contributed by atoms with Gasteiger partial charge in [0.25, 0.3) is 0 Å². The summed E-state index contributed by atoms with van der Waals surface area (Å²) < 4.78 is 0. The summed E-state index contributed by atoms with van der Waals surface area (Å²) >= 11 is 0. The Kier molecular flexibility index (Phi) is 13.1. The molecule has 1 rings (SSSR count). The highest BCUT2D eigenvalue weighted by Crippen LogP contribution is 2.24. The van der Waals surface area contributed by atoms with Gasteiger partial charge in [-0.1, -0.05) is 65.2 Å². The molecule has 25 heavy (non-hydrogen) atoms. The van der Waals surface area contributed by atoms with Gasteiger partial charge in [-0.2, -0.15) is 0 Å². The highest BCUT2D eigenvalue weighted by Gasteiger charge is 2.27. The van der Waals surface area contributed by atoms with E-state index >= 15 is 0 Å². The minimum absolute atomic E-state index is 0.0810. The fourth-order valence-electron chi connectivity index (χ4n) is 3.57. The van der Waals surface area contributed by atoms with Crippen molar-refractivity contribution in [1.82, 2.24) is 5.06 Å². The normalized spacial score (nSPS) is 20.8. The monoisotopic (exact) mass is 355 g/mol. The lowest BCUT2D eigenvalue weighted by Gasteiger charge is -2.34. The molecule has 1 fully saturated rings. The summed E-state index contributed by atoms with van der Waals surface area (Å²) in [5, 5.41) is 11.7. The van der Waals surface area contributed by atoms with Crippen LogP contribution in [0.25, 0.3) is 0 Å². The van der Waals surface area contributed by atoms with E-state index in [1.807, 2.05) is 5.06 Å². The van der Waals surface area contributed by atoms with Gasteiger partial charge < -0.3 is 9.94 Å². The van der Waals surface area contributed by atoms with Gasteiger partial charge in [0.1, 0.15) is 0 Å². The molecule has 0 amide bonds. The zero-order chi connectivity index (χ0) is 18.3. The maximum atomic E-state index is 12.1. The molecule has 0 heterocycles. The van der Waals surface area contributed by atoms with Crippen LogP contribution in [0.1, 0.15) is 110 Å². The third-order valence-electron chi connectivity index (χ3n) is 5.26. The van der Waals surface area contributed by atoms with Gasteiger partial charge in [0.2, 0.25) is 0 Å². The number of rotatable bonds is 14. The lowest BCUT2D eigenvalue weighted by atomic mass is 9.93. The SMILES string of the molecule is CCCCCCCCCN(OC(=O)CCCCC)C1CCC(O)CC1. The Hall–Kier alpha value is -0.610. The molecule has 0 unspecified atom stereocenters. The van der Waals surface area contributed by atoms with E-state index in [1.165, 1.54) is 38.5 Å². The van der Waals surface area contributed by atoms with E-state index in [-0.39, 0.29) is 12.1 Å². The molecule has 1 N–H and O–H groups in total. The van der Waals surface area contributed by atoms with Gasteiger partial charge in [-0.3, -0.25) is 4.79 Å². The summed E-state index contributed by atoms with van der Waals surface area (Å²) in [6.45, 7) is 5.23. The van der Waals surface area contributed by atoms with E-state index in [4.69, 9.17) is 4.84 Å². The highest BCUT2D eigenvalue weighted by molar-refractivity contribution is 5.68. The first-order chi connectivity index (χ1) is 12.2. The Morgan fingerprint density at radius 2 is 1.44 bits per heavy atom. The molecular weight excluding hydrogens is 314 g/mol. The van der Waals surface area contributed by atoms with Crippen LogP contribution in [0.15, 0.2) is 0 Å². The second-order valence-electron chi connectivity index (χ2n) is 7.64. The molecule has 0 bridgehead atoms. The van der Waals surface area contributed by atoms with Gasteiger partial charge in [0.05, 0.1) is 6.10 Å². The summed E-state index contributed by atoms with van der Waals surface area (Å²) in [5.74, 6) is -0.0810. The van der Waals surface area contributed by atoms with Crippen LogP contribution in [0, 0.1) is 0 Å². The number of carbonyl (C=O) groups is 1. The van der Waals surface area contributed by atoms with Gasteiger partial charge >= 0.3 is 5.97 Å². The second-order valence-corrected chi connectivity index (χ2v) is 7.64. The molecule has 4 nitrogen and oxygen atoms in total. The summed E-state index contributed by atoms with van der Waals surface area (Å²) in [5.41, 5.74) is 0. The molecular formula is C21H41NO3. The number of hydrogen-bond donors (Lipinski definition) is 1. The van der Waals surface area contributed by atoms with Crippen LogP contribution in [0.4, 0.5) is 0 Å². The van der Waals surface area contributed by atoms with Crippen molar-refractivity contribution in [2.45, 2.75) is 122 Å². The lowest BCUT2D eigenvalue weighted by molar-refractivity contribution is -0.207. The van der Waals surface area contributed by atoms with Crippen molar-refractivity contribution < 1.29 is 14.7 Å². The van der Waals surface area contributed by atoms with E-state index in [1.54, 1.807) is 0 Å². The van der Waals surface area contributed by atoms with Crippen LogP contribution in [0.2, 0.25) is 0 Å². The number of hydrogen-bond acceptors (Lipinski definition) is 4. The molecule has 0 atom stereocenters. The zero-order valence-electron chi connectivity index (χ0n) is 16.7. The topological polar surface area (TPSA) is 49.8 Å². The molecule has 0 saturated heterocycles. The van der Waals surface area contributed by atoms with Gasteiger partial charge in [-0.25, -0.2) is 0 Å². The van der Waals surface area contributed by atoms with Crippen molar-refractivity contribution >= 4 is 5.97 Å². The molecule has 0 aromatic heterocycles. The average Bonchev–Trinajstić information content (AvgIpc) is 2.61. The van der Waals surface area contributed by atoms with Gasteiger partial charge in [0.15, 0.2) is 0 Å². The summed E-state index contributed by atoms with van der Waals surface area (Å²) in [4.78, 5) is 17.9. The fraction of sp³-hybridized carbons (Fsp3) is 0.952. The number of aliphatic hydroxyl groups excluding tert-OH is 1. The predicted octanol–water partition coefficient (Wildman–Crippen LogP) is 5.38. The molecule has 0 spiro atoms. The first-order valence-corrected chi connectivity index (χ1v) is 10.8. The zero-order valence-corrected chi connectivity index (χ0v) is 16.7. The van der Waals surface area contributed by atoms with Crippen LogP contribution >= 0.6 is 0 Å².